The number of fused-ring (bicyclic) bond motifs is 2. The van der Waals surface area contributed by atoms with E-state index < -0.39 is 11.1 Å². The first-order chi connectivity index (χ1) is 9.19. The minimum atomic E-state index is -0.804. The second kappa shape index (κ2) is 4.47. The van der Waals surface area contributed by atoms with Gasteiger partial charge in [-0.2, -0.15) is 15.6 Å². The molecule has 0 bridgehead atoms. The van der Waals surface area contributed by atoms with E-state index in [1.807, 2.05) is 0 Å². The summed E-state index contributed by atoms with van der Waals surface area (Å²) in [5.41, 5.74) is -1.61. The van der Waals surface area contributed by atoms with Crippen LogP contribution in [0, 0.1) is 34.5 Å². The van der Waals surface area contributed by atoms with E-state index in [4.69, 9.17) is 0 Å². The Hall–Kier alpha value is -1.10. The number of hydrogen-bond donors (Lipinski definition) is 1. The van der Waals surface area contributed by atoms with Crippen molar-refractivity contribution < 1.29 is 5.21 Å². The average molecular weight is 259 g/mol. The molecule has 3 aliphatic rings. The highest BCUT2D eigenvalue weighted by Gasteiger charge is 2.62. The van der Waals surface area contributed by atoms with Crippen molar-refractivity contribution in [3.05, 3.63) is 0 Å². The third-order valence-electron chi connectivity index (χ3n) is 5.78. The molecule has 0 spiro atoms. The predicted octanol–water partition coefficient (Wildman–Crippen LogP) is 2.99. The van der Waals surface area contributed by atoms with Crippen LogP contribution in [-0.4, -0.2) is 21.3 Å². The van der Waals surface area contributed by atoms with Crippen LogP contribution in [0.25, 0.3) is 0 Å². The molecule has 4 nitrogen and oxygen atoms in total. The van der Waals surface area contributed by atoms with Crippen LogP contribution < -0.4 is 0 Å². The smallest absolute Gasteiger partial charge is 0.137 e. The van der Waals surface area contributed by atoms with Crippen LogP contribution in [0.2, 0.25) is 0 Å². The fourth-order valence-corrected chi connectivity index (χ4v) is 4.73. The van der Waals surface area contributed by atoms with Gasteiger partial charge in [-0.1, -0.05) is 25.7 Å². The Kier molecular flexibility index (Phi) is 3.04. The quantitative estimate of drug-likeness (QED) is 0.726. The number of nitrogens with zero attached hydrogens (tertiary/aromatic N) is 3. The first-order valence-electron chi connectivity index (χ1n) is 7.51. The average Bonchev–Trinajstić information content (AvgIpc) is 2.48. The molecule has 1 heterocycles. The van der Waals surface area contributed by atoms with Crippen molar-refractivity contribution in [2.45, 2.75) is 68.9 Å². The van der Waals surface area contributed by atoms with Crippen LogP contribution in [0.15, 0.2) is 0 Å². The van der Waals surface area contributed by atoms with Gasteiger partial charge in [0.05, 0.1) is 12.1 Å². The number of piperidine rings is 1. The summed E-state index contributed by atoms with van der Waals surface area (Å²) in [6.07, 6.45) is 8.65. The number of hydroxylamine groups is 2. The van der Waals surface area contributed by atoms with E-state index in [1.54, 1.807) is 0 Å². The lowest BCUT2D eigenvalue weighted by atomic mass is 9.58. The lowest BCUT2D eigenvalue weighted by Crippen LogP contribution is -2.69. The molecule has 2 saturated carbocycles. The molecule has 2 aliphatic carbocycles. The van der Waals surface area contributed by atoms with Crippen molar-refractivity contribution in [1.82, 2.24) is 5.06 Å². The zero-order valence-corrected chi connectivity index (χ0v) is 11.3. The summed E-state index contributed by atoms with van der Waals surface area (Å²) in [6.45, 7) is 0. The Bertz CT molecular complexity index is 411. The minimum Gasteiger partial charge on any atom is -0.311 e. The van der Waals surface area contributed by atoms with Gasteiger partial charge in [0, 0.05) is 0 Å². The first-order valence-corrected chi connectivity index (χ1v) is 7.51. The van der Waals surface area contributed by atoms with Crippen molar-refractivity contribution >= 4 is 0 Å². The van der Waals surface area contributed by atoms with Crippen molar-refractivity contribution in [3.63, 3.8) is 0 Å². The second-order valence-corrected chi connectivity index (χ2v) is 6.51. The maximum absolute atomic E-state index is 10.8. The second-order valence-electron chi connectivity index (χ2n) is 6.51. The lowest BCUT2D eigenvalue weighted by Gasteiger charge is -2.58. The maximum Gasteiger partial charge on any atom is 0.137 e. The predicted molar refractivity (Wildman–Crippen MR) is 68.8 cm³/mol. The molecule has 0 aromatic carbocycles. The highest BCUT2D eigenvalue weighted by molar-refractivity contribution is 5.25. The van der Waals surface area contributed by atoms with E-state index >= 15 is 0 Å². The van der Waals surface area contributed by atoms with Gasteiger partial charge in [-0.3, -0.25) is 0 Å². The van der Waals surface area contributed by atoms with Crippen LogP contribution in [0.3, 0.4) is 0 Å². The van der Waals surface area contributed by atoms with Gasteiger partial charge >= 0.3 is 0 Å². The molecule has 19 heavy (non-hydrogen) atoms. The Labute approximate surface area is 114 Å². The zero-order valence-electron chi connectivity index (χ0n) is 11.3. The molecule has 0 aromatic rings. The standard InChI is InChI=1S/C15H21N3O/c16-10-14-7-3-1-5-12(14)9-13-6-2-4-8-15(13,11-17)18(14)19/h12-13,19H,1-9H2/t12-,13-,14+,15+/m0/s1. The van der Waals surface area contributed by atoms with Crippen LogP contribution in [0.4, 0.5) is 0 Å². The third kappa shape index (κ3) is 1.57. The SMILES string of the molecule is N#C[C@]12CCCC[C@H]1C[C@@H]1CCCC[C@]1(C#N)N2O. The van der Waals surface area contributed by atoms with Crippen LogP contribution in [0.5, 0.6) is 0 Å². The molecule has 1 saturated heterocycles. The van der Waals surface area contributed by atoms with Crippen LogP contribution in [0.1, 0.15) is 57.8 Å². The Morgan fingerprint density at radius 3 is 1.79 bits per heavy atom. The van der Waals surface area contributed by atoms with E-state index in [-0.39, 0.29) is 11.8 Å². The topological polar surface area (TPSA) is 71.0 Å². The van der Waals surface area contributed by atoms with E-state index in [1.165, 1.54) is 5.06 Å². The molecule has 0 amide bonds. The summed E-state index contributed by atoms with van der Waals surface area (Å²) < 4.78 is 0. The maximum atomic E-state index is 10.8. The van der Waals surface area contributed by atoms with Gasteiger partial charge in [-0.15, -0.1) is 0 Å². The fourth-order valence-electron chi connectivity index (χ4n) is 4.73. The van der Waals surface area contributed by atoms with Crippen molar-refractivity contribution in [1.29, 1.82) is 10.5 Å². The molecule has 4 atom stereocenters. The molecule has 1 N–H and O–H groups in total. The lowest BCUT2D eigenvalue weighted by molar-refractivity contribution is -0.275. The van der Waals surface area contributed by atoms with E-state index in [0.717, 1.165) is 44.9 Å². The number of nitriles is 2. The summed E-state index contributed by atoms with van der Waals surface area (Å²) in [6, 6.07) is 4.77. The number of rotatable bonds is 0. The van der Waals surface area contributed by atoms with E-state index in [9.17, 15) is 15.7 Å². The largest absolute Gasteiger partial charge is 0.311 e. The van der Waals surface area contributed by atoms with Crippen molar-refractivity contribution in [2.75, 3.05) is 0 Å². The van der Waals surface area contributed by atoms with E-state index in [0.29, 0.717) is 12.8 Å². The van der Waals surface area contributed by atoms with Gasteiger partial charge in [-0.25, -0.2) is 0 Å². The minimum absolute atomic E-state index is 0.237. The monoisotopic (exact) mass is 259 g/mol. The van der Waals surface area contributed by atoms with E-state index in [2.05, 4.69) is 12.1 Å². The summed E-state index contributed by atoms with van der Waals surface area (Å²) in [7, 11) is 0. The Morgan fingerprint density at radius 2 is 1.37 bits per heavy atom. The van der Waals surface area contributed by atoms with Gasteiger partial charge in [0.2, 0.25) is 0 Å². The highest BCUT2D eigenvalue weighted by Crippen LogP contribution is 2.54. The van der Waals surface area contributed by atoms with Crippen molar-refractivity contribution in [2.24, 2.45) is 11.8 Å². The molecular weight excluding hydrogens is 238 g/mol. The van der Waals surface area contributed by atoms with Gasteiger partial charge in [0.1, 0.15) is 11.1 Å². The zero-order chi connectivity index (χ0) is 13.5. The summed E-state index contributed by atoms with van der Waals surface area (Å²) >= 11 is 0. The van der Waals surface area contributed by atoms with Crippen molar-refractivity contribution in [3.8, 4) is 12.1 Å². The molecule has 0 unspecified atom stereocenters. The fraction of sp³-hybridized carbons (Fsp3) is 0.867. The van der Waals surface area contributed by atoms with Crippen LogP contribution >= 0.6 is 0 Å². The molecule has 0 radical (unpaired) electrons. The first kappa shape index (κ1) is 12.9. The summed E-state index contributed by atoms with van der Waals surface area (Å²) in [5, 5.41) is 31.4. The molecule has 3 rings (SSSR count). The molecule has 102 valence electrons. The van der Waals surface area contributed by atoms with Gasteiger partial charge < -0.3 is 5.21 Å². The Balaban J connectivity index is 2.04. The normalized spacial score (nSPS) is 46.5. The molecule has 0 aromatic heterocycles. The third-order valence-corrected chi connectivity index (χ3v) is 5.78. The number of hydrogen-bond acceptors (Lipinski definition) is 4. The van der Waals surface area contributed by atoms with Gasteiger partial charge in [0.15, 0.2) is 0 Å². The highest BCUT2D eigenvalue weighted by atomic mass is 16.5. The van der Waals surface area contributed by atoms with Crippen LogP contribution in [-0.2, 0) is 0 Å². The molecule has 1 aliphatic heterocycles. The summed E-state index contributed by atoms with van der Waals surface area (Å²) in [4.78, 5) is 0. The summed E-state index contributed by atoms with van der Waals surface area (Å²) in [5.74, 6) is 0.474. The molecule has 4 heteroatoms. The molecule has 3 fully saturated rings. The molecular formula is C15H21N3O. The Morgan fingerprint density at radius 1 is 0.895 bits per heavy atom. The van der Waals surface area contributed by atoms with Gasteiger partial charge in [0.25, 0.3) is 0 Å². The van der Waals surface area contributed by atoms with Gasteiger partial charge in [-0.05, 0) is 43.9 Å².